The Balaban J connectivity index is 1.29. The monoisotopic (exact) mass is 552 g/mol. The number of nitrogens with zero attached hydrogens (tertiary/aromatic N) is 2. The molecule has 9 rings (SSSR count). The van der Waals surface area contributed by atoms with Gasteiger partial charge in [0.15, 0.2) is 0 Å². The van der Waals surface area contributed by atoms with Crippen molar-refractivity contribution in [2.75, 3.05) is 0 Å². The van der Waals surface area contributed by atoms with Crippen LogP contribution in [0.2, 0.25) is 0 Å². The third-order valence-electron chi connectivity index (χ3n) is 8.80. The van der Waals surface area contributed by atoms with Crippen LogP contribution in [0.25, 0.3) is 44.5 Å². The number of rotatable bonds is 2. The Bertz CT molecular complexity index is 2140. The van der Waals surface area contributed by atoms with Crippen molar-refractivity contribution in [1.29, 1.82) is 0 Å². The Morgan fingerprint density at radius 3 is 1.90 bits per heavy atom. The van der Waals surface area contributed by atoms with Gasteiger partial charge in [-0.1, -0.05) is 127 Å². The lowest BCUT2D eigenvalue weighted by molar-refractivity contribution is 0.722. The highest BCUT2D eigenvalue weighted by atomic mass is 32.2. The highest BCUT2D eigenvalue weighted by molar-refractivity contribution is 7.99. The summed E-state index contributed by atoms with van der Waals surface area (Å²) in [4.78, 5) is 12.7. The summed E-state index contributed by atoms with van der Waals surface area (Å²) in [6.07, 6.45) is 1.93. The summed E-state index contributed by atoms with van der Waals surface area (Å²) in [7, 11) is 0. The van der Waals surface area contributed by atoms with Gasteiger partial charge in [0.25, 0.3) is 0 Å². The fourth-order valence-corrected chi connectivity index (χ4v) is 8.22. The minimum atomic E-state index is -0.398. The standard InChI is InChI=1S/C39H24N2S/c1-2-11-25(12-3-1)27-15-10-19-34-38(27)40-24-35(41-34)26-21-22-37-33(23-26)39(32-18-8-9-20-36(32)42-37)30-16-6-4-13-28(30)29-14-5-7-17-31(29)39/h1-24H. The van der Waals surface area contributed by atoms with E-state index in [4.69, 9.17) is 9.97 Å². The number of hydrogen-bond acceptors (Lipinski definition) is 3. The fraction of sp³-hybridized carbons (Fsp3) is 0.0256. The van der Waals surface area contributed by atoms with Crippen molar-refractivity contribution in [2.45, 2.75) is 15.2 Å². The van der Waals surface area contributed by atoms with E-state index in [9.17, 15) is 0 Å². The van der Waals surface area contributed by atoms with Crippen LogP contribution in [0.5, 0.6) is 0 Å². The number of fused-ring (bicyclic) bond motifs is 10. The molecule has 1 aliphatic carbocycles. The van der Waals surface area contributed by atoms with E-state index in [0.29, 0.717) is 0 Å². The first-order valence-corrected chi connectivity index (χ1v) is 15.1. The lowest BCUT2D eigenvalue weighted by Gasteiger charge is -2.39. The zero-order valence-corrected chi connectivity index (χ0v) is 23.5. The molecule has 0 N–H and O–H groups in total. The summed E-state index contributed by atoms with van der Waals surface area (Å²) >= 11 is 1.86. The molecule has 1 aromatic heterocycles. The van der Waals surface area contributed by atoms with Gasteiger partial charge in [-0.25, -0.2) is 4.98 Å². The topological polar surface area (TPSA) is 25.8 Å². The number of para-hydroxylation sites is 1. The van der Waals surface area contributed by atoms with E-state index in [0.717, 1.165) is 33.4 Å². The molecule has 0 bridgehead atoms. The van der Waals surface area contributed by atoms with E-state index in [1.165, 1.54) is 43.2 Å². The second kappa shape index (κ2) is 9.01. The van der Waals surface area contributed by atoms with Gasteiger partial charge in [-0.3, -0.25) is 4.98 Å². The number of aromatic nitrogens is 2. The Hall–Kier alpha value is -4.99. The lowest BCUT2D eigenvalue weighted by Crippen LogP contribution is -2.32. The molecule has 7 aromatic rings. The molecule has 6 aromatic carbocycles. The van der Waals surface area contributed by atoms with Gasteiger partial charge in [0.2, 0.25) is 0 Å². The Labute approximate surface area is 248 Å². The molecule has 1 spiro atoms. The maximum absolute atomic E-state index is 5.16. The van der Waals surface area contributed by atoms with Crippen LogP contribution in [0.15, 0.2) is 156 Å². The molecule has 0 radical (unpaired) electrons. The third-order valence-corrected chi connectivity index (χ3v) is 9.95. The van der Waals surface area contributed by atoms with Crippen LogP contribution in [0.3, 0.4) is 0 Å². The van der Waals surface area contributed by atoms with E-state index in [1.807, 2.05) is 24.0 Å². The van der Waals surface area contributed by atoms with E-state index in [1.54, 1.807) is 0 Å². The normalized spacial score (nSPS) is 13.8. The molecule has 0 fully saturated rings. The highest BCUT2D eigenvalue weighted by Crippen LogP contribution is 2.62. The average Bonchev–Trinajstić information content (AvgIpc) is 3.35. The van der Waals surface area contributed by atoms with Crippen LogP contribution < -0.4 is 0 Å². The summed E-state index contributed by atoms with van der Waals surface area (Å²) < 4.78 is 0. The smallest absolute Gasteiger partial charge is 0.0965 e. The van der Waals surface area contributed by atoms with Crippen molar-refractivity contribution in [3.8, 4) is 33.5 Å². The van der Waals surface area contributed by atoms with E-state index in [-0.39, 0.29) is 0 Å². The summed E-state index contributed by atoms with van der Waals surface area (Å²) in [6.45, 7) is 0. The Morgan fingerprint density at radius 2 is 1.12 bits per heavy atom. The molecule has 3 heteroatoms. The molecule has 1 aliphatic heterocycles. The van der Waals surface area contributed by atoms with Gasteiger partial charge in [0.1, 0.15) is 0 Å². The quantitative estimate of drug-likeness (QED) is 0.213. The first-order chi connectivity index (χ1) is 20.8. The zero-order valence-electron chi connectivity index (χ0n) is 22.7. The lowest BCUT2D eigenvalue weighted by atomic mass is 9.67. The summed E-state index contributed by atoms with van der Waals surface area (Å²) in [5, 5.41) is 0. The maximum Gasteiger partial charge on any atom is 0.0965 e. The Morgan fingerprint density at radius 1 is 0.476 bits per heavy atom. The van der Waals surface area contributed by atoms with Gasteiger partial charge in [-0.15, -0.1) is 0 Å². The summed E-state index contributed by atoms with van der Waals surface area (Å²) in [6, 6.07) is 50.3. The summed E-state index contributed by atoms with van der Waals surface area (Å²) in [5.74, 6) is 0. The van der Waals surface area contributed by atoms with Crippen LogP contribution in [0.1, 0.15) is 22.3 Å². The maximum atomic E-state index is 5.16. The molecule has 2 aliphatic rings. The second-order valence-corrected chi connectivity index (χ2v) is 12.0. The molecule has 2 heterocycles. The largest absolute Gasteiger partial charge is 0.252 e. The molecule has 2 nitrogen and oxygen atoms in total. The van der Waals surface area contributed by atoms with Crippen LogP contribution >= 0.6 is 11.8 Å². The van der Waals surface area contributed by atoms with E-state index in [2.05, 4.69) is 133 Å². The molecular weight excluding hydrogens is 529 g/mol. The van der Waals surface area contributed by atoms with Crippen LogP contribution in [-0.2, 0) is 5.41 Å². The van der Waals surface area contributed by atoms with Crippen molar-refractivity contribution < 1.29 is 0 Å². The van der Waals surface area contributed by atoms with Crippen LogP contribution in [0.4, 0.5) is 0 Å². The molecule has 196 valence electrons. The van der Waals surface area contributed by atoms with E-state index >= 15 is 0 Å². The predicted octanol–water partition coefficient (Wildman–Crippen LogP) is 9.79. The van der Waals surface area contributed by atoms with Crippen molar-refractivity contribution in [2.24, 2.45) is 0 Å². The van der Waals surface area contributed by atoms with Crippen LogP contribution in [0, 0.1) is 0 Å². The molecule has 42 heavy (non-hydrogen) atoms. The van der Waals surface area contributed by atoms with Crippen molar-refractivity contribution >= 4 is 22.8 Å². The van der Waals surface area contributed by atoms with Gasteiger partial charge < -0.3 is 0 Å². The molecule has 0 amide bonds. The van der Waals surface area contributed by atoms with Gasteiger partial charge in [-0.05, 0) is 63.2 Å². The van der Waals surface area contributed by atoms with Gasteiger partial charge in [-0.2, -0.15) is 0 Å². The zero-order chi connectivity index (χ0) is 27.7. The second-order valence-electron chi connectivity index (χ2n) is 10.9. The predicted molar refractivity (Wildman–Crippen MR) is 172 cm³/mol. The highest BCUT2D eigenvalue weighted by Gasteiger charge is 2.50. The van der Waals surface area contributed by atoms with Crippen molar-refractivity contribution in [3.63, 3.8) is 0 Å². The minimum Gasteiger partial charge on any atom is -0.252 e. The van der Waals surface area contributed by atoms with Gasteiger partial charge >= 0.3 is 0 Å². The minimum absolute atomic E-state index is 0.398. The first kappa shape index (κ1) is 23.7. The molecule has 0 atom stereocenters. The average molecular weight is 553 g/mol. The number of hydrogen-bond donors (Lipinski definition) is 0. The molecular formula is C39H24N2S. The number of benzene rings is 6. The molecule has 0 saturated heterocycles. The fourth-order valence-electron chi connectivity index (χ4n) is 7.05. The molecule has 0 saturated carbocycles. The van der Waals surface area contributed by atoms with Crippen LogP contribution in [-0.4, -0.2) is 9.97 Å². The van der Waals surface area contributed by atoms with E-state index < -0.39 is 5.41 Å². The van der Waals surface area contributed by atoms with Crippen molar-refractivity contribution in [1.82, 2.24) is 9.97 Å². The molecule has 0 unspecified atom stereocenters. The summed E-state index contributed by atoms with van der Waals surface area (Å²) in [5.41, 5.74) is 13.6. The van der Waals surface area contributed by atoms with Gasteiger partial charge in [0, 0.05) is 20.9 Å². The SMILES string of the molecule is c1ccc(-c2cccc3nc(-c4ccc5c(c4)C4(c6ccccc6S5)c5ccccc5-c5ccccc54)cnc23)cc1. The third kappa shape index (κ3) is 3.23. The van der Waals surface area contributed by atoms with Crippen molar-refractivity contribution in [3.05, 3.63) is 168 Å². The first-order valence-electron chi connectivity index (χ1n) is 14.3. The Kier molecular flexibility index (Phi) is 5.08. The van der Waals surface area contributed by atoms with Gasteiger partial charge in [0.05, 0.1) is 28.3 Å².